The van der Waals surface area contributed by atoms with Gasteiger partial charge in [-0.15, -0.1) is 0 Å². The molecule has 0 fully saturated rings. The van der Waals surface area contributed by atoms with Crippen LogP contribution in [0, 0.1) is 0 Å². The maximum absolute atomic E-state index is 13.2. The Kier molecular flexibility index (Phi) is 7.22. The molecule has 7 heteroatoms. The van der Waals surface area contributed by atoms with E-state index in [-0.39, 0.29) is 17.4 Å². The predicted molar refractivity (Wildman–Crippen MR) is 141 cm³/mol. The van der Waals surface area contributed by atoms with Crippen LogP contribution in [0.4, 0.5) is 0 Å². The number of nitrogens with one attached hydrogen (secondary N) is 2. The van der Waals surface area contributed by atoms with E-state index in [2.05, 4.69) is 36.6 Å². The Morgan fingerprint density at radius 2 is 1.62 bits per heavy atom. The summed E-state index contributed by atoms with van der Waals surface area (Å²) in [6, 6.07) is 20.1. The highest BCUT2D eigenvalue weighted by Crippen LogP contribution is 2.33. The molecule has 1 heterocycles. The molecule has 0 saturated heterocycles. The Labute approximate surface area is 215 Å². The fourth-order valence-electron chi connectivity index (χ4n) is 3.94. The van der Waals surface area contributed by atoms with E-state index in [0.717, 1.165) is 22.4 Å². The fourth-order valence-corrected chi connectivity index (χ4v) is 4.59. The van der Waals surface area contributed by atoms with Crippen LogP contribution in [0.1, 0.15) is 66.3 Å². The lowest BCUT2D eigenvalue weighted by atomic mass is 9.86. The van der Waals surface area contributed by atoms with Gasteiger partial charge < -0.3 is 10.7 Å². The van der Waals surface area contributed by atoms with Gasteiger partial charge in [0.25, 0.3) is 5.91 Å². The lowest BCUT2D eigenvalue weighted by Crippen LogP contribution is -2.33. The number of nitrogens with zero attached hydrogens (tertiary/aromatic N) is 1. The van der Waals surface area contributed by atoms with Gasteiger partial charge >= 0.3 is 0 Å². The number of amides is 1. The maximum Gasteiger partial charge on any atom is 0.252 e. The second kappa shape index (κ2) is 9.99. The molecule has 4 nitrogen and oxygen atoms in total. The molecule has 0 radical (unpaired) electrons. The largest absolute Gasteiger partial charge is 0.340 e. The third kappa shape index (κ3) is 5.57. The molecule has 0 aliphatic carbocycles. The average Bonchev–Trinajstić information content (AvgIpc) is 3.28. The molecular weight excluding hydrogens is 489 g/mol. The van der Waals surface area contributed by atoms with Crippen LogP contribution < -0.4 is 10.7 Å². The first-order valence-electron chi connectivity index (χ1n) is 11.1. The molecule has 1 aliphatic heterocycles. The van der Waals surface area contributed by atoms with Gasteiger partial charge in [0, 0.05) is 27.1 Å². The van der Waals surface area contributed by atoms with Crippen molar-refractivity contribution >= 4 is 46.4 Å². The van der Waals surface area contributed by atoms with Gasteiger partial charge in [-0.1, -0.05) is 85.9 Å². The van der Waals surface area contributed by atoms with Gasteiger partial charge in [0.05, 0.1) is 17.8 Å². The van der Waals surface area contributed by atoms with Crippen LogP contribution in [0.25, 0.3) is 0 Å². The normalized spacial score (nSPS) is 16.5. The minimum atomic E-state index is -0.510. The van der Waals surface area contributed by atoms with E-state index in [1.807, 2.05) is 54.6 Å². The minimum Gasteiger partial charge on any atom is -0.340 e. The zero-order chi connectivity index (χ0) is 24.5. The van der Waals surface area contributed by atoms with Gasteiger partial charge in [0.15, 0.2) is 0 Å². The first kappa shape index (κ1) is 24.6. The van der Waals surface area contributed by atoms with E-state index in [1.54, 1.807) is 12.1 Å². The van der Waals surface area contributed by atoms with E-state index in [0.29, 0.717) is 27.1 Å². The third-order valence-electron chi connectivity index (χ3n) is 5.94. The number of rotatable bonds is 5. The van der Waals surface area contributed by atoms with E-state index in [4.69, 9.17) is 34.8 Å². The Morgan fingerprint density at radius 3 is 2.24 bits per heavy atom. The highest BCUT2D eigenvalue weighted by Gasteiger charge is 2.30. The molecule has 3 aromatic rings. The van der Waals surface area contributed by atoms with Crippen molar-refractivity contribution in [1.29, 1.82) is 0 Å². The lowest BCUT2D eigenvalue weighted by molar-refractivity contribution is 0.0946. The van der Waals surface area contributed by atoms with Crippen molar-refractivity contribution in [1.82, 2.24) is 10.7 Å². The average molecular weight is 515 g/mol. The topological polar surface area (TPSA) is 53.5 Å². The molecular formula is C27H26Cl3N3O. The Hall–Kier alpha value is -2.53. The molecule has 0 spiro atoms. The van der Waals surface area contributed by atoms with Crippen LogP contribution >= 0.6 is 34.8 Å². The summed E-state index contributed by atoms with van der Waals surface area (Å²) in [5.74, 6) is -0.200. The van der Waals surface area contributed by atoms with Crippen molar-refractivity contribution in [2.45, 2.75) is 44.7 Å². The van der Waals surface area contributed by atoms with Crippen LogP contribution in [0.5, 0.6) is 0 Å². The van der Waals surface area contributed by atoms with Crippen LogP contribution in [0.3, 0.4) is 0 Å². The van der Waals surface area contributed by atoms with Gasteiger partial charge in [-0.05, 0) is 58.5 Å². The second-order valence-electron chi connectivity index (χ2n) is 9.44. The van der Waals surface area contributed by atoms with Gasteiger partial charge in [0.1, 0.15) is 0 Å². The SMILES string of the molecule is CC(C)(C)c1ccc(C(=O)NC(C2=NNC(c3ccc(Cl)cc3)C2)c2ccc(Cl)cc2Cl)cc1. The number of carbonyl (C=O) groups excluding carboxylic acids is 1. The smallest absolute Gasteiger partial charge is 0.252 e. The summed E-state index contributed by atoms with van der Waals surface area (Å²) in [4.78, 5) is 13.2. The van der Waals surface area contributed by atoms with Gasteiger partial charge in [-0.25, -0.2) is 0 Å². The first-order valence-corrected chi connectivity index (χ1v) is 12.2. The summed E-state index contributed by atoms with van der Waals surface area (Å²) in [6.07, 6.45) is 0.606. The molecule has 34 heavy (non-hydrogen) atoms. The van der Waals surface area contributed by atoms with Crippen molar-refractivity contribution in [2.24, 2.45) is 5.10 Å². The molecule has 2 atom stereocenters. The zero-order valence-electron chi connectivity index (χ0n) is 19.2. The number of hydrazone groups is 1. The molecule has 2 N–H and O–H groups in total. The molecule has 176 valence electrons. The zero-order valence-corrected chi connectivity index (χ0v) is 21.5. The minimum absolute atomic E-state index is 0.00923. The number of carbonyl (C=O) groups is 1. The van der Waals surface area contributed by atoms with Crippen molar-refractivity contribution in [3.8, 4) is 0 Å². The summed E-state index contributed by atoms with van der Waals surface area (Å²) >= 11 is 18.7. The first-order chi connectivity index (χ1) is 16.1. The molecule has 0 aromatic heterocycles. The Balaban J connectivity index is 1.60. The summed E-state index contributed by atoms with van der Waals surface area (Å²) in [6.45, 7) is 6.43. The highest BCUT2D eigenvalue weighted by molar-refractivity contribution is 6.35. The predicted octanol–water partition coefficient (Wildman–Crippen LogP) is 7.51. The van der Waals surface area contributed by atoms with Crippen molar-refractivity contribution in [3.05, 3.63) is 104 Å². The molecule has 4 rings (SSSR count). The quantitative estimate of drug-likeness (QED) is 0.370. The fraction of sp³-hybridized carbons (Fsp3) is 0.259. The number of hydrogen-bond donors (Lipinski definition) is 2. The van der Waals surface area contributed by atoms with Crippen LogP contribution in [0.15, 0.2) is 71.8 Å². The van der Waals surface area contributed by atoms with E-state index in [1.165, 1.54) is 0 Å². The van der Waals surface area contributed by atoms with Crippen molar-refractivity contribution in [2.75, 3.05) is 0 Å². The van der Waals surface area contributed by atoms with Crippen LogP contribution in [0.2, 0.25) is 15.1 Å². The number of benzene rings is 3. The monoisotopic (exact) mass is 513 g/mol. The van der Waals surface area contributed by atoms with Gasteiger partial charge in [0.2, 0.25) is 0 Å². The summed E-state index contributed by atoms with van der Waals surface area (Å²) in [5, 5.41) is 9.39. The number of halogens is 3. The highest BCUT2D eigenvalue weighted by atomic mass is 35.5. The van der Waals surface area contributed by atoms with Crippen molar-refractivity contribution in [3.63, 3.8) is 0 Å². The number of hydrogen-bond acceptors (Lipinski definition) is 3. The molecule has 3 aromatic carbocycles. The summed E-state index contributed by atoms with van der Waals surface area (Å²) in [5.41, 5.74) is 7.51. The summed E-state index contributed by atoms with van der Waals surface area (Å²) < 4.78 is 0. The standard InChI is InChI=1S/C27H26Cl3N3O/c1-27(2,3)18-8-4-17(5-9-18)26(34)31-25(21-13-12-20(29)14-22(21)30)24-15-23(32-33-24)16-6-10-19(28)11-7-16/h4-14,23,25,32H,15H2,1-3H3,(H,31,34). The summed E-state index contributed by atoms with van der Waals surface area (Å²) in [7, 11) is 0. The lowest BCUT2D eigenvalue weighted by Gasteiger charge is -2.22. The Bertz CT molecular complexity index is 1220. The maximum atomic E-state index is 13.2. The van der Waals surface area contributed by atoms with E-state index >= 15 is 0 Å². The molecule has 0 saturated carbocycles. The molecule has 1 amide bonds. The third-order valence-corrected chi connectivity index (χ3v) is 6.76. The second-order valence-corrected chi connectivity index (χ2v) is 10.7. The van der Waals surface area contributed by atoms with Gasteiger partial charge in [-0.2, -0.15) is 5.10 Å². The van der Waals surface area contributed by atoms with E-state index in [9.17, 15) is 4.79 Å². The van der Waals surface area contributed by atoms with Gasteiger partial charge in [-0.3, -0.25) is 4.79 Å². The van der Waals surface area contributed by atoms with Crippen molar-refractivity contribution < 1.29 is 4.79 Å². The molecule has 2 unspecified atom stereocenters. The molecule has 1 aliphatic rings. The van der Waals surface area contributed by atoms with E-state index < -0.39 is 6.04 Å². The van der Waals surface area contributed by atoms with Crippen LogP contribution in [-0.2, 0) is 5.41 Å². The van der Waals surface area contributed by atoms with Crippen LogP contribution in [-0.4, -0.2) is 11.6 Å². The molecule has 0 bridgehead atoms. The Morgan fingerprint density at radius 1 is 0.971 bits per heavy atom.